The van der Waals surface area contributed by atoms with Crippen LogP contribution < -0.4 is 15.8 Å². The van der Waals surface area contributed by atoms with Crippen molar-refractivity contribution in [2.45, 2.75) is 0 Å². The fourth-order valence-electron chi connectivity index (χ4n) is 1.67. The molecule has 0 unspecified atom stereocenters. The molecule has 0 heterocycles. The van der Waals surface area contributed by atoms with Crippen molar-refractivity contribution < 1.29 is 4.74 Å². The van der Waals surface area contributed by atoms with E-state index in [9.17, 15) is 0 Å². The summed E-state index contributed by atoms with van der Waals surface area (Å²) in [6, 6.07) is 10.9. The number of nitrogens with two attached hydrogens (primary N) is 1. The zero-order valence-corrected chi connectivity index (χ0v) is 13.7. The largest absolute Gasteiger partial charge is 0.495 e. The number of hydrogen-bond donors (Lipinski definition) is 2. The molecular weight excluding hydrogens is 386 g/mol. The quantitative estimate of drug-likeness (QED) is 0.753. The van der Waals surface area contributed by atoms with Crippen LogP contribution in [0.2, 0.25) is 0 Å². The molecule has 0 saturated carbocycles. The van der Waals surface area contributed by atoms with E-state index in [1.807, 2.05) is 12.1 Å². The van der Waals surface area contributed by atoms with E-state index in [-0.39, 0.29) is 0 Å². The number of nitrogens with one attached hydrogen (secondary N) is 1. The van der Waals surface area contributed by atoms with Gasteiger partial charge in [0.15, 0.2) is 0 Å². The van der Waals surface area contributed by atoms with E-state index in [1.54, 1.807) is 25.3 Å². The third-order valence-corrected chi connectivity index (χ3v) is 3.97. The Labute approximate surface area is 133 Å². The molecule has 2 aromatic carbocycles. The van der Waals surface area contributed by atoms with E-state index in [2.05, 4.69) is 43.2 Å². The number of rotatable bonds is 3. The van der Waals surface area contributed by atoms with Gasteiger partial charge in [-0.3, -0.25) is 0 Å². The fraction of sp³-hybridized carbons (Fsp3) is 0.0714. The Morgan fingerprint density at radius 1 is 1.15 bits per heavy atom. The first-order valence-corrected chi connectivity index (χ1v) is 7.23. The van der Waals surface area contributed by atoms with Crippen molar-refractivity contribution >= 4 is 48.9 Å². The maximum atomic E-state index is 8.83. The van der Waals surface area contributed by atoms with E-state index in [0.29, 0.717) is 17.0 Å². The summed E-state index contributed by atoms with van der Waals surface area (Å²) >= 11 is 6.90. The van der Waals surface area contributed by atoms with Gasteiger partial charge in [0.1, 0.15) is 5.75 Å². The summed E-state index contributed by atoms with van der Waals surface area (Å²) in [5.41, 5.74) is 8.52. The number of ether oxygens (including phenoxy) is 1. The Bertz CT molecular complexity index is 696. The molecule has 0 spiro atoms. The third kappa shape index (κ3) is 3.06. The molecule has 0 aliphatic rings. The van der Waals surface area contributed by atoms with E-state index in [0.717, 1.165) is 20.3 Å². The van der Waals surface area contributed by atoms with Crippen LogP contribution in [0.1, 0.15) is 5.56 Å². The predicted octanol–water partition coefficient (Wildman–Crippen LogP) is 4.42. The molecule has 0 radical (unpaired) electrons. The maximum absolute atomic E-state index is 8.83. The van der Waals surface area contributed by atoms with Crippen molar-refractivity contribution in [3.8, 4) is 11.8 Å². The van der Waals surface area contributed by atoms with Crippen LogP contribution in [-0.4, -0.2) is 7.11 Å². The number of anilines is 3. The number of benzene rings is 2. The molecule has 0 aliphatic heterocycles. The van der Waals surface area contributed by atoms with Gasteiger partial charge >= 0.3 is 0 Å². The lowest BCUT2D eigenvalue weighted by molar-refractivity contribution is 0.412. The molecule has 2 rings (SSSR count). The maximum Gasteiger partial charge on any atom is 0.135 e. The van der Waals surface area contributed by atoms with Gasteiger partial charge < -0.3 is 15.8 Å². The van der Waals surface area contributed by atoms with Gasteiger partial charge in [0.2, 0.25) is 0 Å². The highest BCUT2D eigenvalue weighted by atomic mass is 79.9. The molecule has 0 aliphatic carbocycles. The van der Waals surface area contributed by atoms with Crippen molar-refractivity contribution in [1.82, 2.24) is 0 Å². The zero-order valence-electron chi connectivity index (χ0n) is 10.6. The molecule has 6 heteroatoms. The van der Waals surface area contributed by atoms with Gasteiger partial charge in [-0.25, -0.2) is 0 Å². The summed E-state index contributed by atoms with van der Waals surface area (Å²) in [4.78, 5) is 0. The smallest absolute Gasteiger partial charge is 0.135 e. The summed E-state index contributed by atoms with van der Waals surface area (Å²) in [7, 11) is 1.61. The molecule has 0 saturated heterocycles. The first kappa shape index (κ1) is 14.7. The lowest BCUT2D eigenvalue weighted by Gasteiger charge is -2.13. The van der Waals surface area contributed by atoms with Gasteiger partial charge in [0.05, 0.1) is 40.3 Å². The van der Waals surface area contributed by atoms with Gasteiger partial charge in [0, 0.05) is 10.5 Å². The first-order chi connectivity index (χ1) is 9.55. The van der Waals surface area contributed by atoms with Crippen LogP contribution in [0, 0.1) is 11.3 Å². The summed E-state index contributed by atoms with van der Waals surface area (Å²) in [6.45, 7) is 0. The minimum Gasteiger partial charge on any atom is -0.495 e. The van der Waals surface area contributed by atoms with Crippen LogP contribution in [0.3, 0.4) is 0 Å². The molecule has 20 heavy (non-hydrogen) atoms. The number of methoxy groups -OCH3 is 1. The highest BCUT2D eigenvalue weighted by Gasteiger charge is 2.09. The van der Waals surface area contributed by atoms with Crippen LogP contribution in [0.5, 0.6) is 5.75 Å². The van der Waals surface area contributed by atoms with Crippen molar-refractivity contribution in [1.29, 1.82) is 5.26 Å². The van der Waals surface area contributed by atoms with Gasteiger partial charge in [0.25, 0.3) is 0 Å². The normalized spacial score (nSPS) is 9.90. The van der Waals surface area contributed by atoms with E-state index >= 15 is 0 Å². The number of halogens is 2. The van der Waals surface area contributed by atoms with Crippen LogP contribution in [0.15, 0.2) is 39.3 Å². The molecule has 102 valence electrons. The van der Waals surface area contributed by atoms with Gasteiger partial charge in [-0.05, 0) is 56.1 Å². The summed E-state index contributed by atoms with van der Waals surface area (Å²) < 4.78 is 6.98. The first-order valence-electron chi connectivity index (χ1n) is 5.65. The second-order valence-electron chi connectivity index (χ2n) is 4.01. The van der Waals surface area contributed by atoms with Crippen LogP contribution in [-0.2, 0) is 0 Å². The highest BCUT2D eigenvalue weighted by molar-refractivity contribution is 9.11. The Morgan fingerprint density at radius 3 is 2.50 bits per heavy atom. The second kappa shape index (κ2) is 6.16. The number of nitrogen functional groups attached to an aromatic ring is 1. The van der Waals surface area contributed by atoms with Crippen molar-refractivity contribution in [2.24, 2.45) is 0 Å². The van der Waals surface area contributed by atoms with E-state index < -0.39 is 0 Å². The van der Waals surface area contributed by atoms with Crippen LogP contribution in [0.4, 0.5) is 17.1 Å². The molecule has 0 aromatic heterocycles. The lowest BCUT2D eigenvalue weighted by Crippen LogP contribution is -1.98. The second-order valence-corrected chi connectivity index (χ2v) is 5.71. The van der Waals surface area contributed by atoms with Crippen molar-refractivity contribution in [3.63, 3.8) is 0 Å². The van der Waals surface area contributed by atoms with Gasteiger partial charge in [-0.15, -0.1) is 0 Å². The molecule has 4 nitrogen and oxygen atoms in total. The average molecular weight is 397 g/mol. The molecule has 0 fully saturated rings. The molecule has 3 N–H and O–H groups in total. The Morgan fingerprint density at radius 2 is 1.90 bits per heavy atom. The zero-order chi connectivity index (χ0) is 14.7. The molecule has 0 amide bonds. The summed E-state index contributed by atoms with van der Waals surface area (Å²) in [6.07, 6.45) is 0. The molecular formula is C14H11Br2N3O. The third-order valence-electron chi connectivity index (χ3n) is 2.69. The summed E-state index contributed by atoms with van der Waals surface area (Å²) in [5.74, 6) is 0.711. The van der Waals surface area contributed by atoms with Crippen molar-refractivity contribution in [2.75, 3.05) is 18.2 Å². The minimum atomic E-state index is 0.512. The average Bonchev–Trinajstić information content (AvgIpc) is 2.43. The predicted molar refractivity (Wildman–Crippen MR) is 87.2 cm³/mol. The van der Waals surface area contributed by atoms with Crippen LogP contribution >= 0.6 is 31.9 Å². The standard InChI is InChI=1S/C14H11Br2N3O/c1-20-14-6-13(9(15)5-10(14)16)19-12-3-2-8(7-17)4-11(12)18/h2-6,19H,18H2,1H3. The molecule has 0 bridgehead atoms. The number of nitrogens with zero attached hydrogens (tertiary/aromatic N) is 1. The lowest BCUT2D eigenvalue weighted by atomic mass is 10.2. The molecule has 2 aromatic rings. The fourth-order valence-corrected chi connectivity index (χ4v) is 2.93. The SMILES string of the molecule is COc1cc(Nc2ccc(C#N)cc2N)c(Br)cc1Br. The van der Waals surface area contributed by atoms with E-state index in [4.69, 9.17) is 15.7 Å². The van der Waals surface area contributed by atoms with Crippen molar-refractivity contribution in [3.05, 3.63) is 44.8 Å². The highest BCUT2D eigenvalue weighted by Crippen LogP contribution is 2.36. The monoisotopic (exact) mass is 395 g/mol. The molecule has 0 atom stereocenters. The van der Waals surface area contributed by atoms with Gasteiger partial charge in [-0.1, -0.05) is 0 Å². The Hall–Kier alpha value is -1.71. The topological polar surface area (TPSA) is 71.1 Å². The Kier molecular flexibility index (Phi) is 4.53. The Balaban J connectivity index is 2.37. The summed E-state index contributed by atoms with van der Waals surface area (Å²) in [5, 5.41) is 12.0. The minimum absolute atomic E-state index is 0.512. The van der Waals surface area contributed by atoms with Gasteiger partial charge in [-0.2, -0.15) is 5.26 Å². The number of hydrogen-bond acceptors (Lipinski definition) is 4. The van der Waals surface area contributed by atoms with Crippen LogP contribution in [0.25, 0.3) is 0 Å². The number of nitriles is 1. The van der Waals surface area contributed by atoms with E-state index in [1.165, 1.54) is 0 Å².